The lowest BCUT2D eigenvalue weighted by Gasteiger charge is -2.15. The number of para-hydroxylation sites is 1. The Hall–Kier alpha value is -3.38. The lowest BCUT2D eigenvalue weighted by molar-refractivity contribution is -0.112. The van der Waals surface area contributed by atoms with Crippen LogP contribution in [0, 0.1) is 20.7 Å². The maximum absolute atomic E-state index is 13.8. The summed E-state index contributed by atoms with van der Waals surface area (Å²) in [7, 11) is 0. The van der Waals surface area contributed by atoms with Gasteiger partial charge in [0, 0.05) is 0 Å². The first-order valence-electron chi connectivity index (χ1n) is 9.82. The summed E-state index contributed by atoms with van der Waals surface area (Å²) in [5, 5.41) is 11.9. The molecule has 162 valence electrons. The number of amides is 1. The van der Waals surface area contributed by atoms with Crippen LogP contribution in [-0.4, -0.2) is 12.5 Å². The van der Waals surface area contributed by atoms with Crippen molar-refractivity contribution in [2.45, 2.75) is 13.5 Å². The molecule has 32 heavy (non-hydrogen) atoms. The Morgan fingerprint density at radius 1 is 1.12 bits per heavy atom. The second-order valence-electron chi connectivity index (χ2n) is 6.64. The fourth-order valence-electron chi connectivity index (χ4n) is 2.87. The molecule has 0 saturated heterocycles. The van der Waals surface area contributed by atoms with Gasteiger partial charge in [-0.3, -0.25) is 4.79 Å². The Morgan fingerprint density at radius 2 is 1.84 bits per heavy atom. The van der Waals surface area contributed by atoms with Crippen LogP contribution in [-0.2, 0) is 11.4 Å². The number of hydrogen-bond donors (Lipinski definition) is 1. The van der Waals surface area contributed by atoms with Crippen LogP contribution >= 0.6 is 22.6 Å². The number of benzene rings is 3. The Bertz CT molecular complexity index is 1170. The van der Waals surface area contributed by atoms with Gasteiger partial charge in [0.05, 0.1) is 15.9 Å². The number of anilines is 1. The number of halogens is 2. The molecule has 1 N–H and O–H groups in total. The van der Waals surface area contributed by atoms with E-state index in [1.807, 2.05) is 43.3 Å². The molecule has 5 nitrogen and oxygen atoms in total. The second kappa shape index (κ2) is 11.3. The minimum absolute atomic E-state index is 0.00731. The second-order valence-corrected chi connectivity index (χ2v) is 7.80. The van der Waals surface area contributed by atoms with Crippen molar-refractivity contribution in [1.29, 1.82) is 5.26 Å². The lowest BCUT2D eigenvalue weighted by Crippen LogP contribution is -2.14. The molecule has 0 radical (unpaired) electrons. The minimum atomic E-state index is -0.699. The summed E-state index contributed by atoms with van der Waals surface area (Å²) >= 11 is 2.13. The van der Waals surface area contributed by atoms with Crippen LogP contribution in [0.4, 0.5) is 10.1 Å². The summed E-state index contributed by atoms with van der Waals surface area (Å²) in [6, 6.07) is 20.9. The third-order valence-electron chi connectivity index (χ3n) is 4.36. The van der Waals surface area contributed by atoms with Crippen LogP contribution in [0.25, 0.3) is 6.08 Å². The van der Waals surface area contributed by atoms with Crippen molar-refractivity contribution in [3.8, 4) is 17.6 Å². The summed E-state index contributed by atoms with van der Waals surface area (Å²) in [5.41, 5.74) is 1.45. The van der Waals surface area contributed by atoms with Crippen LogP contribution < -0.4 is 14.8 Å². The number of rotatable bonds is 8. The first kappa shape index (κ1) is 23.3. The van der Waals surface area contributed by atoms with Gasteiger partial charge >= 0.3 is 0 Å². The predicted octanol–water partition coefficient (Wildman–Crippen LogP) is 5.95. The molecule has 0 bridgehead atoms. The van der Waals surface area contributed by atoms with E-state index in [0.29, 0.717) is 30.3 Å². The van der Waals surface area contributed by atoms with E-state index in [0.717, 1.165) is 9.13 Å². The molecule has 3 aromatic rings. The highest BCUT2D eigenvalue weighted by molar-refractivity contribution is 14.1. The third-order valence-corrected chi connectivity index (χ3v) is 5.16. The quantitative estimate of drug-likeness (QED) is 0.217. The molecule has 0 aromatic heterocycles. The number of nitrogens with zero attached hydrogens (tertiary/aromatic N) is 1. The number of hydrogen-bond acceptors (Lipinski definition) is 4. The van der Waals surface area contributed by atoms with Gasteiger partial charge in [-0.25, -0.2) is 4.39 Å². The predicted molar refractivity (Wildman–Crippen MR) is 130 cm³/mol. The smallest absolute Gasteiger partial charge is 0.266 e. The Labute approximate surface area is 199 Å². The molecule has 0 spiro atoms. The Kier molecular flexibility index (Phi) is 8.22. The summed E-state index contributed by atoms with van der Waals surface area (Å²) in [6.45, 7) is 2.66. The van der Waals surface area contributed by atoms with Gasteiger partial charge < -0.3 is 14.8 Å². The Morgan fingerprint density at radius 3 is 2.53 bits per heavy atom. The van der Waals surface area contributed by atoms with Gasteiger partial charge in [-0.1, -0.05) is 42.5 Å². The van der Waals surface area contributed by atoms with Crippen molar-refractivity contribution in [3.63, 3.8) is 0 Å². The number of nitriles is 1. The normalized spacial score (nSPS) is 10.9. The van der Waals surface area contributed by atoms with Crippen LogP contribution in [0.1, 0.15) is 18.1 Å². The molecule has 0 heterocycles. The fourth-order valence-corrected chi connectivity index (χ4v) is 3.65. The topological polar surface area (TPSA) is 71.3 Å². The molecule has 0 aliphatic rings. The molecule has 3 aromatic carbocycles. The van der Waals surface area contributed by atoms with Crippen molar-refractivity contribution in [3.05, 3.63) is 92.8 Å². The number of ether oxygens (including phenoxy) is 2. The maximum Gasteiger partial charge on any atom is 0.266 e. The standard InChI is InChI=1S/C25H20FIN2O3/c1-2-31-23-14-18(13-21(27)24(23)32-16-17-8-4-3-5-9-17)12-19(15-28)25(30)29-22-11-7-6-10-20(22)26/h3-14H,2,16H2,1H3,(H,29,30)/b19-12-. The lowest BCUT2D eigenvalue weighted by atomic mass is 10.1. The monoisotopic (exact) mass is 542 g/mol. The number of carbonyl (C=O) groups is 1. The highest BCUT2D eigenvalue weighted by atomic mass is 127. The van der Waals surface area contributed by atoms with Crippen LogP contribution in [0.5, 0.6) is 11.5 Å². The fraction of sp³-hybridized carbons (Fsp3) is 0.120. The molecular formula is C25H20FIN2O3. The van der Waals surface area contributed by atoms with Gasteiger partial charge in [0.2, 0.25) is 0 Å². The summed E-state index contributed by atoms with van der Waals surface area (Å²) < 4.78 is 26.3. The molecule has 3 rings (SSSR count). The summed E-state index contributed by atoms with van der Waals surface area (Å²) in [6.07, 6.45) is 1.43. The average molecular weight is 542 g/mol. The summed E-state index contributed by atoms with van der Waals surface area (Å²) in [5.74, 6) is -0.183. The SMILES string of the molecule is CCOc1cc(/C=C(/C#N)C(=O)Nc2ccccc2F)cc(I)c1OCc1ccccc1. The van der Waals surface area contributed by atoms with E-state index in [2.05, 4.69) is 27.9 Å². The molecule has 0 atom stereocenters. The molecule has 0 saturated carbocycles. The maximum atomic E-state index is 13.8. The van der Waals surface area contributed by atoms with E-state index in [-0.39, 0.29) is 11.3 Å². The van der Waals surface area contributed by atoms with Gasteiger partial charge in [0.15, 0.2) is 11.5 Å². The van der Waals surface area contributed by atoms with Gasteiger partial charge in [-0.05, 0) is 71.0 Å². The van der Waals surface area contributed by atoms with Crippen molar-refractivity contribution < 1.29 is 18.7 Å². The molecule has 0 aliphatic heterocycles. The molecule has 1 amide bonds. The molecule has 7 heteroatoms. The Balaban J connectivity index is 1.86. The van der Waals surface area contributed by atoms with E-state index >= 15 is 0 Å². The first-order valence-corrected chi connectivity index (χ1v) is 10.9. The van der Waals surface area contributed by atoms with E-state index in [1.54, 1.807) is 18.2 Å². The van der Waals surface area contributed by atoms with Crippen LogP contribution in [0.2, 0.25) is 0 Å². The first-order chi connectivity index (χ1) is 15.5. The largest absolute Gasteiger partial charge is 0.490 e. The van der Waals surface area contributed by atoms with Crippen molar-refractivity contribution in [2.24, 2.45) is 0 Å². The van der Waals surface area contributed by atoms with Gasteiger partial charge in [-0.2, -0.15) is 5.26 Å². The van der Waals surface area contributed by atoms with Crippen molar-refractivity contribution in [2.75, 3.05) is 11.9 Å². The van der Waals surface area contributed by atoms with Gasteiger partial charge in [0.1, 0.15) is 24.1 Å². The summed E-state index contributed by atoms with van der Waals surface area (Å²) in [4.78, 5) is 12.5. The zero-order chi connectivity index (χ0) is 22.9. The highest BCUT2D eigenvalue weighted by Crippen LogP contribution is 2.35. The van der Waals surface area contributed by atoms with Crippen molar-refractivity contribution >= 4 is 40.3 Å². The van der Waals surface area contributed by atoms with E-state index in [4.69, 9.17) is 9.47 Å². The van der Waals surface area contributed by atoms with Crippen molar-refractivity contribution in [1.82, 2.24) is 0 Å². The molecule has 0 fully saturated rings. The number of carbonyl (C=O) groups excluding carboxylic acids is 1. The average Bonchev–Trinajstić information content (AvgIpc) is 2.79. The van der Waals surface area contributed by atoms with Crippen LogP contribution in [0.15, 0.2) is 72.3 Å². The van der Waals surface area contributed by atoms with Crippen LogP contribution in [0.3, 0.4) is 0 Å². The molecular weight excluding hydrogens is 522 g/mol. The zero-order valence-corrected chi connectivity index (χ0v) is 19.4. The van der Waals surface area contributed by atoms with E-state index < -0.39 is 11.7 Å². The van der Waals surface area contributed by atoms with E-state index in [1.165, 1.54) is 24.3 Å². The number of nitrogens with one attached hydrogen (secondary N) is 1. The molecule has 0 unspecified atom stereocenters. The van der Waals surface area contributed by atoms with Gasteiger partial charge in [0.25, 0.3) is 5.91 Å². The third kappa shape index (κ3) is 6.08. The zero-order valence-electron chi connectivity index (χ0n) is 17.3. The highest BCUT2D eigenvalue weighted by Gasteiger charge is 2.15. The molecule has 0 aliphatic carbocycles. The minimum Gasteiger partial charge on any atom is -0.490 e. The van der Waals surface area contributed by atoms with E-state index in [9.17, 15) is 14.4 Å². The van der Waals surface area contributed by atoms with Gasteiger partial charge in [-0.15, -0.1) is 0 Å².